The van der Waals surface area contributed by atoms with Crippen LogP contribution in [0.2, 0.25) is 5.02 Å². The van der Waals surface area contributed by atoms with Gasteiger partial charge in [0.2, 0.25) is 5.91 Å². The molecule has 7 heteroatoms. The predicted octanol–water partition coefficient (Wildman–Crippen LogP) is 3.97. The van der Waals surface area contributed by atoms with E-state index in [4.69, 9.17) is 16.3 Å². The van der Waals surface area contributed by atoms with Crippen LogP contribution in [0.5, 0.6) is 5.75 Å². The fraction of sp³-hybridized carbons (Fsp3) is 0.318. The van der Waals surface area contributed by atoms with Crippen LogP contribution < -0.4 is 4.74 Å². The van der Waals surface area contributed by atoms with E-state index in [0.29, 0.717) is 24.6 Å². The van der Waals surface area contributed by atoms with Crippen molar-refractivity contribution in [3.8, 4) is 5.75 Å². The molecule has 1 atom stereocenters. The Hall–Kier alpha value is -2.31. The molecular formula is C22H24ClNO4S. The summed E-state index contributed by atoms with van der Waals surface area (Å²) < 4.78 is 29.4. The second-order valence-electron chi connectivity index (χ2n) is 6.98. The van der Waals surface area contributed by atoms with Crippen LogP contribution in [0.1, 0.15) is 24.5 Å². The molecule has 1 saturated heterocycles. The van der Waals surface area contributed by atoms with Crippen LogP contribution >= 0.6 is 11.6 Å². The fourth-order valence-electron chi connectivity index (χ4n) is 3.30. The number of benzene rings is 2. The van der Waals surface area contributed by atoms with Crippen molar-refractivity contribution in [3.63, 3.8) is 0 Å². The lowest BCUT2D eigenvalue weighted by Gasteiger charge is -2.27. The van der Waals surface area contributed by atoms with Crippen LogP contribution in [-0.4, -0.2) is 43.4 Å². The summed E-state index contributed by atoms with van der Waals surface area (Å²) in [7, 11) is -3.10. The Kier molecular flexibility index (Phi) is 6.98. The average Bonchev–Trinajstić information content (AvgIpc) is 3.06. The number of hydrogen-bond donors (Lipinski definition) is 0. The summed E-state index contributed by atoms with van der Waals surface area (Å²) in [6.07, 6.45) is 3.66. The van der Waals surface area contributed by atoms with Gasteiger partial charge in [-0.25, -0.2) is 8.42 Å². The van der Waals surface area contributed by atoms with Gasteiger partial charge in [0, 0.05) is 23.7 Å². The van der Waals surface area contributed by atoms with Crippen LogP contribution in [-0.2, 0) is 21.2 Å². The monoisotopic (exact) mass is 433 g/mol. The minimum atomic E-state index is -3.10. The fourth-order valence-corrected chi connectivity index (χ4v) is 5.16. The maximum absolute atomic E-state index is 12.9. The van der Waals surface area contributed by atoms with Gasteiger partial charge in [0.15, 0.2) is 9.84 Å². The minimum Gasteiger partial charge on any atom is -0.494 e. The second kappa shape index (κ2) is 9.46. The molecule has 154 valence electrons. The lowest BCUT2D eigenvalue weighted by atomic mass is 10.1. The van der Waals surface area contributed by atoms with Gasteiger partial charge < -0.3 is 9.64 Å². The van der Waals surface area contributed by atoms with E-state index < -0.39 is 9.84 Å². The molecule has 0 radical (unpaired) electrons. The van der Waals surface area contributed by atoms with E-state index in [2.05, 4.69) is 0 Å². The number of carbonyl (C=O) groups is 1. The average molecular weight is 434 g/mol. The smallest absolute Gasteiger partial charge is 0.247 e. The first-order valence-corrected chi connectivity index (χ1v) is 11.7. The van der Waals surface area contributed by atoms with Crippen LogP contribution in [0.3, 0.4) is 0 Å². The highest BCUT2D eigenvalue weighted by atomic mass is 35.5. The molecule has 2 aromatic rings. The summed E-state index contributed by atoms with van der Waals surface area (Å²) in [5, 5.41) is 0.627. The molecule has 1 fully saturated rings. The third-order valence-corrected chi connectivity index (χ3v) is 6.81. The zero-order chi connectivity index (χ0) is 20.9. The SMILES string of the molecule is CCOc1ccc(CN(C(=O)C=Cc2ccc(Cl)cc2)C2CCS(=O)(=O)C2)cc1. The number of nitrogens with zero attached hydrogens (tertiary/aromatic N) is 1. The second-order valence-corrected chi connectivity index (χ2v) is 9.65. The Morgan fingerprint density at radius 1 is 1.17 bits per heavy atom. The highest BCUT2D eigenvalue weighted by molar-refractivity contribution is 7.91. The zero-order valence-electron chi connectivity index (χ0n) is 16.3. The van der Waals surface area contributed by atoms with Crippen LogP contribution in [0, 0.1) is 0 Å². The molecular weight excluding hydrogens is 410 g/mol. The number of carbonyl (C=O) groups excluding carboxylic acids is 1. The first-order valence-electron chi connectivity index (χ1n) is 9.53. The molecule has 0 spiro atoms. The van der Waals surface area contributed by atoms with Gasteiger partial charge in [-0.15, -0.1) is 0 Å². The van der Waals surface area contributed by atoms with E-state index in [0.717, 1.165) is 16.9 Å². The molecule has 0 saturated carbocycles. The van der Waals surface area contributed by atoms with Crippen LogP contribution in [0.4, 0.5) is 0 Å². The van der Waals surface area contributed by atoms with Crippen molar-refractivity contribution in [2.24, 2.45) is 0 Å². The van der Waals surface area contributed by atoms with Crippen molar-refractivity contribution in [1.29, 1.82) is 0 Å². The molecule has 2 aromatic carbocycles. The third kappa shape index (κ3) is 6.08. The highest BCUT2D eigenvalue weighted by Crippen LogP contribution is 2.22. The van der Waals surface area contributed by atoms with Crippen molar-refractivity contribution in [3.05, 3.63) is 70.8 Å². The van der Waals surface area contributed by atoms with E-state index in [1.165, 1.54) is 6.08 Å². The normalized spacial score (nSPS) is 18.1. The molecule has 1 unspecified atom stereocenters. The molecule has 1 aliphatic heterocycles. The van der Waals surface area contributed by atoms with Gasteiger partial charge in [-0.2, -0.15) is 0 Å². The summed E-state index contributed by atoms with van der Waals surface area (Å²) in [5.74, 6) is 0.673. The minimum absolute atomic E-state index is 0.00452. The third-order valence-electron chi connectivity index (χ3n) is 4.81. The standard InChI is InChI=1S/C22H24ClNO4S/c1-2-28-21-10-5-18(6-11-21)15-24(20-13-14-29(26,27)16-20)22(25)12-7-17-3-8-19(23)9-4-17/h3-12,20H,2,13-16H2,1H3. The summed E-state index contributed by atoms with van der Waals surface area (Å²) in [6, 6.07) is 14.3. The number of rotatable bonds is 7. The molecule has 0 aromatic heterocycles. The Morgan fingerprint density at radius 3 is 2.45 bits per heavy atom. The summed E-state index contributed by atoms with van der Waals surface area (Å²) in [5.41, 5.74) is 1.77. The van der Waals surface area contributed by atoms with Crippen LogP contribution in [0.25, 0.3) is 6.08 Å². The van der Waals surface area contributed by atoms with E-state index >= 15 is 0 Å². The molecule has 1 aliphatic rings. The number of hydrogen-bond acceptors (Lipinski definition) is 4. The van der Waals surface area contributed by atoms with Crippen LogP contribution in [0.15, 0.2) is 54.6 Å². The highest BCUT2D eigenvalue weighted by Gasteiger charge is 2.34. The number of ether oxygens (including phenoxy) is 1. The Balaban J connectivity index is 1.78. The molecule has 0 N–H and O–H groups in total. The van der Waals surface area contributed by atoms with Crippen molar-refractivity contribution in [1.82, 2.24) is 4.90 Å². The summed E-state index contributed by atoms with van der Waals surface area (Å²) in [4.78, 5) is 14.6. The van der Waals surface area contributed by atoms with E-state index in [9.17, 15) is 13.2 Å². The first kappa shape index (κ1) is 21.4. The Morgan fingerprint density at radius 2 is 1.86 bits per heavy atom. The summed E-state index contributed by atoms with van der Waals surface area (Å²) >= 11 is 5.89. The largest absolute Gasteiger partial charge is 0.494 e. The topological polar surface area (TPSA) is 63.7 Å². The van der Waals surface area contributed by atoms with E-state index in [1.807, 2.05) is 43.3 Å². The van der Waals surface area contributed by atoms with Gasteiger partial charge in [-0.05, 0) is 54.8 Å². The predicted molar refractivity (Wildman–Crippen MR) is 116 cm³/mol. The lowest BCUT2D eigenvalue weighted by molar-refractivity contribution is -0.128. The molecule has 0 aliphatic carbocycles. The van der Waals surface area contributed by atoms with Crippen molar-refractivity contribution in [2.75, 3.05) is 18.1 Å². The van der Waals surface area contributed by atoms with E-state index in [1.54, 1.807) is 23.1 Å². The molecule has 1 heterocycles. The van der Waals surface area contributed by atoms with Gasteiger partial charge in [-0.1, -0.05) is 35.9 Å². The van der Waals surface area contributed by atoms with Gasteiger partial charge in [0.1, 0.15) is 5.75 Å². The zero-order valence-corrected chi connectivity index (χ0v) is 17.8. The molecule has 1 amide bonds. The lowest BCUT2D eigenvalue weighted by Crippen LogP contribution is -2.39. The maximum atomic E-state index is 12.9. The van der Waals surface area contributed by atoms with Gasteiger partial charge in [-0.3, -0.25) is 4.79 Å². The molecule has 3 rings (SSSR count). The van der Waals surface area contributed by atoms with E-state index in [-0.39, 0.29) is 23.5 Å². The molecule has 29 heavy (non-hydrogen) atoms. The first-order chi connectivity index (χ1) is 13.9. The Labute approximate surface area is 176 Å². The molecule has 5 nitrogen and oxygen atoms in total. The van der Waals surface area contributed by atoms with Crippen molar-refractivity contribution < 1.29 is 17.9 Å². The number of amides is 1. The summed E-state index contributed by atoms with van der Waals surface area (Å²) in [6.45, 7) is 2.84. The number of halogens is 1. The van der Waals surface area contributed by atoms with Crippen molar-refractivity contribution >= 4 is 33.4 Å². The Bertz CT molecular complexity index is 969. The van der Waals surface area contributed by atoms with Gasteiger partial charge in [0.05, 0.1) is 18.1 Å². The van der Waals surface area contributed by atoms with Crippen molar-refractivity contribution in [2.45, 2.75) is 25.9 Å². The molecule has 0 bridgehead atoms. The van der Waals surface area contributed by atoms with Gasteiger partial charge in [0.25, 0.3) is 0 Å². The van der Waals surface area contributed by atoms with Gasteiger partial charge >= 0.3 is 0 Å². The quantitative estimate of drug-likeness (QED) is 0.620. The maximum Gasteiger partial charge on any atom is 0.247 e. The number of sulfone groups is 1.